The van der Waals surface area contributed by atoms with Crippen LogP contribution in [-0.4, -0.2) is 34.3 Å². The van der Waals surface area contributed by atoms with Crippen LogP contribution in [-0.2, 0) is 17.5 Å². The smallest absolute Gasteiger partial charge is 0.433 e. The van der Waals surface area contributed by atoms with Crippen LogP contribution in [0.3, 0.4) is 0 Å². The molecule has 0 radical (unpaired) electrons. The maximum Gasteiger partial charge on any atom is 0.433 e. The number of aromatic nitrogens is 2. The van der Waals surface area contributed by atoms with E-state index in [1.54, 1.807) is 13.0 Å². The number of alkyl halides is 3. The molecule has 3 rings (SSSR count). The van der Waals surface area contributed by atoms with Crippen LogP contribution in [0.4, 0.5) is 18.0 Å². The van der Waals surface area contributed by atoms with Crippen molar-refractivity contribution in [3.8, 4) is 0 Å². The third-order valence-corrected chi connectivity index (χ3v) is 3.83. The Bertz CT molecular complexity index is 797. The number of ether oxygens (including phenoxy) is 1. The van der Waals surface area contributed by atoms with Gasteiger partial charge in [0.15, 0.2) is 0 Å². The Kier molecular flexibility index (Phi) is 4.52. The van der Waals surface area contributed by atoms with Crippen LogP contribution in [0.25, 0.3) is 11.6 Å². The molecular formula is C17H16F3N3O2. The first-order chi connectivity index (χ1) is 11.9. The van der Waals surface area contributed by atoms with Gasteiger partial charge in [0.25, 0.3) is 0 Å². The van der Waals surface area contributed by atoms with E-state index in [0.717, 1.165) is 5.56 Å². The first kappa shape index (κ1) is 17.1. The summed E-state index contributed by atoms with van der Waals surface area (Å²) in [7, 11) is 0. The number of hydrogen-bond donors (Lipinski definition) is 1. The molecule has 25 heavy (non-hydrogen) atoms. The van der Waals surface area contributed by atoms with Gasteiger partial charge in [-0.05, 0) is 18.6 Å². The van der Waals surface area contributed by atoms with Gasteiger partial charge in [0.2, 0.25) is 0 Å². The molecule has 0 spiro atoms. The Morgan fingerprint density at radius 2 is 2.04 bits per heavy atom. The average molecular weight is 351 g/mol. The monoisotopic (exact) mass is 351 g/mol. The minimum atomic E-state index is -4.57. The summed E-state index contributed by atoms with van der Waals surface area (Å²) in [4.78, 5) is 13.3. The minimum absolute atomic E-state index is 0.0472. The number of aromatic amines is 1. The largest absolute Gasteiger partial charge is 0.450 e. The number of H-pyrrole nitrogens is 1. The maximum atomic E-state index is 13.2. The highest BCUT2D eigenvalue weighted by atomic mass is 19.4. The lowest BCUT2D eigenvalue weighted by Gasteiger charge is -2.28. The second kappa shape index (κ2) is 6.62. The van der Waals surface area contributed by atoms with Crippen molar-refractivity contribution in [3.05, 3.63) is 52.8 Å². The summed E-state index contributed by atoms with van der Waals surface area (Å²) in [6, 6.07) is 9.14. The second-order valence-electron chi connectivity index (χ2n) is 5.56. The van der Waals surface area contributed by atoms with Gasteiger partial charge in [0, 0.05) is 11.1 Å². The number of fused-ring (bicyclic) bond motifs is 1. The summed E-state index contributed by atoms with van der Waals surface area (Å²) in [5.41, 5.74) is 0.583. The minimum Gasteiger partial charge on any atom is -0.450 e. The lowest BCUT2D eigenvalue weighted by molar-refractivity contribution is -0.142. The quantitative estimate of drug-likeness (QED) is 0.892. The van der Waals surface area contributed by atoms with Crippen molar-refractivity contribution in [3.63, 3.8) is 0 Å². The molecule has 2 aromatic rings. The third kappa shape index (κ3) is 3.52. The van der Waals surface area contributed by atoms with Crippen molar-refractivity contribution >= 4 is 17.7 Å². The van der Waals surface area contributed by atoms with Gasteiger partial charge in [-0.1, -0.05) is 30.3 Å². The zero-order valence-electron chi connectivity index (χ0n) is 13.4. The molecule has 0 bridgehead atoms. The van der Waals surface area contributed by atoms with Gasteiger partial charge in [-0.25, -0.2) is 4.79 Å². The number of carbonyl (C=O) groups excluding carboxylic acids is 1. The standard InChI is InChI=1S/C17H16F3N3O2/c1-2-25-16(24)23-9-12(8-11-6-4-3-5-7-11)14-13(10-23)15(22-21-14)17(18,19)20/h3-8H,2,9-10H2,1H3,(H,21,22)/b12-8-. The van der Waals surface area contributed by atoms with Crippen LogP contribution in [0.2, 0.25) is 0 Å². The number of amides is 1. The van der Waals surface area contributed by atoms with Crippen molar-refractivity contribution in [2.75, 3.05) is 13.2 Å². The number of nitrogens with zero attached hydrogens (tertiary/aromatic N) is 2. The normalized spacial score (nSPS) is 16.0. The van der Waals surface area contributed by atoms with E-state index in [9.17, 15) is 18.0 Å². The first-order valence-electron chi connectivity index (χ1n) is 7.72. The second-order valence-corrected chi connectivity index (χ2v) is 5.56. The van der Waals surface area contributed by atoms with Crippen LogP contribution in [0.5, 0.6) is 0 Å². The Hall–Kier alpha value is -2.77. The highest BCUT2D eigenvalue weighted by molar-refractivity contribution is 5.86. The average Bonchev–Trinajstić information content (AvgIpc) is 3.00. The first-order valence-corrected chi connectivity index (χ1v) is 7.72. The van der Waals surface area contributed by atoms with E-state index in [1.165, 1.54) is 4.90 Å². The molecule has 5 nitrogen and oxygen atoms in total. The molecule has 0 saturated carbocycles. The fourth-order valence-corrected chi connectivity index (χ4v) is 2.75. The van der Waals surface area contributed by atoms with E-state index in [0.29, 0.717) is 5.57 Å². The molecule has 1 aromatic heterocycles. The SMILES string of the molecule is CCOC(=O)N1C/C(=C/c2ccccc2)c2n[nH]c(C(F)(F)F)c2C1. The third-order valence-electron chi connectivity index (χ3n) is 3.83. The van der Waals surface area contributed by atoms with Crippen molar-refractivity contribution in [1.29, 1.82) is 0 Å². The molecule has 0 unspecified atom stereocenters. The van der Waals surface area contributed by atoms with Gasteiger partial charge >= 0.3 is 12.3 Å². The fraction of sp³-hybridized carbons (Fsp3) is 0.294. The zero-order valence-corrected chi connectivity index (χ0v) is 13.4. The summed E-state index contributed by atoms with van der Waals surface area (Å²) in [6.45, 7) is 1.72. The predicted molar refractivity (Wildman–Crippen MR) is 85.3 cm³/mol. The summed E-state index contributed by atoms with van der Waals surface area (Å²) in [6.07, 6.45) is -3.50. The molecule has 0 atom stereocenters. The molecule has 0 aliphatic carbocycles. The molecular weight excluding hydrogens is 335 g/mol. The topological polar surface area (TPSA) is 58.2 Å². The Balaban J connectivity index is 2.06. The molecule has 0 saturated heterocycles. The Labute approximate surface area is 142 Å². The van der Waals surface area contributed by atoms with E-state index in [1.807, 2.05) is 30.3 Å². The number of rotatable bonds is 2. The van der Waals surface area contributed by atoms with Crippen molar-refractivity contribution in [2.45, 2.75) is 19.6 Å². The summed E-state index contributed by atoms with van der Waals surface area (Å²) < 4.78 is 44.6. The fourth-order valence-electron chi connectivity index (χ4n) is 2.75. The summed E-state index contributed by atoms with van der Waals surface area (Å²) in [5, 5.41) is 5.92. The van der Waals surface area contributed by atoms with E-state index in [-0.39, 0.29) is 31.0 Å². The van der Waals surface area contributed by atoms with Crippen LogP contribution in [0.1, 0.15) is 29.4 Å². The number of hydrogen-bond acceptors (Lipinski definition) is 3. The van der Waals surface area contributed by atoms with E-state index in [4.69, 9.17) is 4.74 Å². The van der Waals surface area contributed by atoms with Gasteiger partial charge in [0.05, 0.1) is 25.4 Å². The zero-order chi connectivity index (χ0) is 18.0. The molecule has 1 amide bonds. The highest BCUT2D eigenvalue weighted by Gasteiger charge is 2.40. The summed E-state index contributed by atoms with van der Waals surface area (Å²) >= 11 is 0. The van der Waals surface area contributed by atoms with Crippen LogP contribution in [0, 0.1) is 0 Å². The van der Waals surface area contributed by atoms with Crippen molar-refractivity contribution < 1.29 is 22.7 Å². The molecule has 1 aliphatic heterocycles. The number of nitrogens with one attached hydrogen (secondary N) is 1. The van der Waals surface area contributed by atoms with Crippen LogP contribution >= 0.6 is 0 Å². The molecule has 1 N–H and O–H groups in total. The Morgan fingerprint density at radius 3 is 2.68 bits per heavy atom. The van der Waals surface area contributed by atoms with Gasteiger partial charge < -0.3 is 4.74 Å². The number of benzene rings is 1. The van der Waals surface area contributed by atoms with Gasteiger partial charge in [-0.2, -0.15) is 18.3 Å². The van der Waals surface area contributed by atoms with Crippen molar-refractivity contribution in [2.24, 2.45) is 0 Å². The van der Waals surface area contributed by atoms with E-state index in [2.05, 4.69) is 10.2 Å². The van der Waals surface area contributed by atoms with Crippen LogP contribution in [0.15, 0.2) is 30.3 Å². The van der Waals surface area contributed by atoms with Gasteiger partial charge in [0.1, 0.15) is 5.69 Å². The number of carbonyl (C=O) groups is 1. The van der Waals surface area contributed by atoms with Crippen molar-refractivity contribution in [1.82, 2.24) is 15.1 Å². The summed E-state index contributed by atoms with van der Waals surface area (Å²) in [5.74, 6) is 0. The molecule has 132 valence electrons. The predicted octanol–water partition coefficient (Wildman–Crippen LogP) is 3.94. The number of halogens is 3. The Morgan fingerprint density at radius 1 is 1.32 bits per heavy atom. The maximum absolute atomic E-state index is 13.2. The molecule has 8 heteroatoms. The molecule has 1 aromatic carbocycles. The van der Waals surface area contributed by atoms with Gasteiger partial charge in [-0.3, -0.25) is 10.00 Å². The van der Waals surface area contributed by atoms with Crippen LogP contribution < -0.4 is 0 Å². The molecule has 1 aliphatic rings. The molecule has 2 heterocycles. The lowest BCUT2D eigenvalue weighted by atomic mass is 9.98. The highest BCUT2D eigenvalue weighted by Crippen LogP contribution is 2.37. The molecule has 0 fully saturated rings. The lowest BCUT2D eigenvalue weighted by Crippen LogP contribution is -2.36. The van der Waals surface area contributed by atoms with E-state index < -0.39 is 18.0 Å². The van der Waals surface area contributed by atoms with Gasteiger partial charge in [-0.15, -0.1) is 0 Å². The van der Waals surface area contributed by atoms with E-state index >= 15 is 0 Å².